The number of para-hydroxylation sites is 1. The summed E-state index contributed by atoms with van der Waals surface area (Å²) in [7, 11) is 4.06. The van der Waals surface area contributed by atoms with Crippen molar-refractivity contribution in [1.29, 1.82) is 0 Å². The first kappa shape index (κ1) is 11.3. The normalized spacial score (nSPS) is 15.3. The summed E-state index contributed by atoms with van der Waals surface area (Å²) < 4.78 is 0. The zero-order chi connectivity index (χ0) is 12.5. The van der Waals surface area contributed by atoms with E-state index in [1.54, 1.807) is 0 Å². The quantitative estimate of drug-likeness (QED) is 0.809. The van der Waals surface area contributed by atoms with Crippen LogP contribution in [0.3, 0.4) is 0 Å². The third-order valence-corrected chi connectivity index (χ3v) is 3.38. The summed E-state index contributed by atoms with van der Waals surface area (Å²) in [5.41, 5.74) is 1.03. The Morgan fingerprint density at radius 1 is 1.06 bits per heavy atom. The van der Waals surface area contributed by atoms with Gasteiger partial charge in [0.25, 0.3) is 0 Å². The highest BCUT2D eigenvalue weighted by Crippen LogP contribution is 2.26. The minimum absolute atomic E-state index is 0.870. The summed E-state index contributed by atoms with van der Waals surface area (Å²) in [5, 5.41) is 1.12. The molecule has 1 aliphatic heterocycles. The molecule has 3 rings (SSSR count). The summed E-state index contributed by atoms with van der Waals surface area (Å²) in [5.74, 6) is 1.87. The Morgan fingerprint density at radius 2 is 1.78 bits per heavy atom. The molecule has 0 atom stereocenters. The summed E-state index contributed by atoms with van der Waals surface area (Å²) in [6.07, 6.45) is 2.49. The van der Waals surface area contributed by atoms with Crippen LogP contribution in [0.4, 0.5) is 11.8 Å². The minimum atomic E-state index is 0.870. The van der Waals surface area contributed by atoms with Gasteiger partial charge in [0.2, 0.25) is 5.95 Å². The van der Waals surface area contributed by atoms with Gasteiger partial charge in [0.1, 0.15) is 5.82 Å². The van der Waals surface area contributed by atoms with Gasteiger partial charge in [-0.15, -0.1) is 0 Å². The lowest BCUT2D eigenvalue weighted by molar-refractivity contribution is 0.900. The number of hydrogen-bond donors (Lipinski definition) is 0. The van der Waals surface area contributed by atoms with E-state index in [0.29, 0.717) is 0 Å². The van der Waals surface area contributed by atoms with E-state index >= 15 is 0 Å². The zero-order valence-corrected chi connectivity index (χ0v) is 10.9. The second-order valence-corrected chi connectivity index (χ2v) is 4.95. The Balaban J connectivity index is 2.16. The molecule has 1 aliphatic rings. The van der Waals surface area contributed by atoms with Crippen LogP contribution in [0, 0.1) is 0 Å². The lowest BCUT2D eigenvalue weighted by Crippen LogP contribution is -2.22. The van der Waals surface area contributed by atoms with Crippen molar-refractivity contribution < 1.29 is 0 Å². The molecule has 0 unspecified atom stereocenters. The molecule has 0 N–H and O–H groups in total. The molecule has 0 saturated carbocycles. The molecule has 2 heterocycles. The van der Waals surface area contributed by atoms with Gasteiger partial charge < -0.3 is 9.80 Å². The maximum absolute atomic E-state index is 4.72. The van der Waals surface area contributed by atoms with Crippen LogP contribution >= 0.6 is 0 Å². The number of rotatable bonds is 2. The van der Waals surface area contributed by atoms with Gasteiger partial charge in [-0.25, -0.2) is 4.98 Å². The molecule has 1 saturated heterocycles. The van der Waals surface area contributed by atoms with Crippen molar-refractivity contribution in [2.75, 3.05) is 37.0 Å². The van der Waals surface area contributed by atoms with Crippen LogP contribution in [0.25, 0.3) is 10.9 Å². The Labute approximate surface area is 107 Å². The summed E-state index contributed by atoms with van der Waals surface area (Å²) >= 11 is 0. The standard InChI is InChI=1S/C14H18N4/c1-17(2)13-11-7-3-4-8-12(11)15-14(16-13)18-9-5-6-10-18/h3-4,7-8H,5-6,9-10H2,1-2H3. The van der Waals surface area contributed by atoms with Crippen LogP contribution in [0.2, 0.25) is 0 Å². The van der Waals surface area contributed by atoms with Crippen molar-refractivity contribution >= 4 is 22.7 Å². The Kier molecular flexibility index (Phi) is 2.78. The second kappa shape index (κ2) is 4.44. The molecule has 4 heteroatoms. The molecule has 1 aromatic carbocycles. The molecular weight excluding hydrogens is 224 g/mol. The Bertz CT molecular complexity index is 559. The maximum atomic E-state index is 4.72. The predicted molar refractivity (Wildman–Crippen MR) is 75.3 cm³/mol. The number of benzene rings is 1. The fourth-order valence-corrected chi connectivity index (χ4v) is 2.45. The molecule has 1 aromatic heterocycles. The molecule has 2 aromatic rings. The van der Waals surface area contributed by atoms with Crippen molar-refractivity contribution in [1.82, 2.24) is 9.97 Å². The van der Waals surface area contributed by atoms with Gasteiger partial charge in [-0.1, -0.05) is 12.1 Å². The van der Waals surface area contributed by atoms with E-state index in [0.717, 1.165) is 35.8 Å². The molecule has 0 aliphatic carbocycles. The van der Waals surface area contributed by atoms with Crippen molar-refractivity contribution in [2.24, 2.45) is 0 Å². The van der Waals surface area contributed by atoms with Crippen LogP contribution < -0.4 is 9.80 Å². The van der Waals surface area contributed by atoms with Crippen LogP contribution in [0.1, 0.15) is 12.8 Å². The van der Waals surface area contributed by atoms with Gasteiger partial charge in [-0.2, -0.15) is 4.98 Å². The largest absolute Gasteiger partial charge is 0.362 e. The molecule has 4 nitrogen and oxygen atoms in total. The van der Waals surface area contributed by atoms with Gasteiger partial charge in [-0.05, 0) is 25.0 Å². The van der Waals surface area contributed by atoms with Crippen molar-refractivity contribution in [3.05, 3.63) is 24.3 Å². The highest BCUT2D eigenvalue weighted by molar-refractivity contribution is 5.90. The van der Waals surface area contributed by atoms with E-state index in [-0.39, 0.29) is 0 Å². The van der Waals surface area contributed by atoms with Gasteiger partial charge in [0, 0.05) is 32.6 Å². The SMILES string of the molecule is CN(C)c1nc(N2CCCC2)nc2ccccc12. The molecule has 0 bridgehead atoms. The maximum Gasteiger partial charge on any atom is 0.227 e. The molecule has 18 heavy (non-hydrogen) atoms. The van der Waals surface area contributed by atoms with Crippen LogP contribution in [0.5, 0.6) is 0 Å². The van der Waals surface area contributed by atoms with E-state index in [2.05, 4.69) is 26.9 Å². The fraction of sp³-hybridized carbons (Fsp3) is 0.429. The predicted octanol–water partition coefficient (Wildman–Crippen LogP) is 2.30. The summed E-state index contributed by atoms with van der Waals surface area (Å²) in [6.45, 7) is 2.15. The third kappa shape index (κ3) is 1.88. The molecule has 94 valence electrons. The summed E-state index contributed by atoms with van der Waals surface area (Å²) in [6, 6.07) is 8.21. The van der Waals surface area contributed by atoms with Crippen molar-refractivity contribution in [3.63, 3.8) is 0 Å². The summed E-state index contributed by atoms with van der Waals surface area (Å²) in [4.78, 5) is 13.7. The molecule has 1 fully saturated rings. The minimum Gasteiger partial charge on any atom is -0.362 e. The zero-order valence-electron chi connectivity index (χ0n) is 10.9. The number of fused-ring (bicyclic) bond motifs is 1. The topological polar surface area (TPSA) is 32.3 Å². The Morgan fingerprint density at radius 3 is 2.50 bits per heavy atom. The van der Waals surface area contributed by atoms with E-state index in [1.165, 1.54) is 12.8 Å². The van der Waals surface area contributed by atoms with E-state index in [9.17, 15) is 0 Å². The number of nitrogens with zero attached hydrogens (tertiary/aromatic N) is 4. The average molecular weight is 242 g/mol. The van der Waals surface area contributed by atoms with Crippen molar-refractivity contribution in [2.45, 2.75) is 12.8 Å². The second-order valence-electron chi connectivity index (χ2n) is 4.95. The Hall–Kier alpha value is -1.84. The van der Waals surface area contributed by atoms with Crippen LogP contribution in [0.15, 0.2) is 24.3 Å². The van der Waals surface area contributed by atoms with E-state index in [1.807, 2.05) is 26.2 Å². The van der Waals surface area contributed by atoms with Gasteiger partial charge in [0.05, 0.1) is 5.52 Å². The number of aromatic nitrogens is 2. The van der Waals surface area contributed by atoms with Crippen LogP contribution in [-0.4, -0.2) is 37.2 Å². The molecule has 0 amide bonds. The highest BCUT2D eigenvalue weighted by atomic mass is 15.3. The van der Waals surface area contributed by atoms with E-state index in [4.69, 9.17) is 4.98 Å². The fourth-order valence-electron chi connectivity index (χ4n) is 2.45. The average Bonchev–Trinajstić information content (AvgIpc) is 2.91. The number of anilines is 2. The first-order valence-corrected chi connectivity index (χ1v) is 6.45. The van der Waals surface area contributed by atoms with Crippen molar-refractivity contribution in [3.8, 4) is 0 Å². The van der Waals surface area contributed by atoms with E-state index < -0.39 is 0 Å². The lowest BCUT2D eigenvalue weighted by atomic mass is 10.2. The first-order valence-electron chi connectivity index (χ1n) is 6.45. The van der Waals surface area contributed by atoms with Crippen LogP contribution in [-0.2, 0) is 0 Å². The molecular formula is C14H18N4. The number of hydrogen-bond acceptors (Lipinski definition) is 4. The van der Waals surface area contributed by atoms with Gasteiger partial charge in [-0.3, -0.25) is 0 Å². The van der Waals surface area contributed by atoms with Gasteiger partial charge in [0.15, 0.2) is 0 Å². The monoisotopic (exact) mass is 242 g/mol. The lowest BCUT2D eigenvalue weighted by Gasteiger charge is -2.20. The van der Waals surface area contributed by atoms with Gasteiger partial charge >= 0.3 is 0 Å². The highest BCUT2D eigenvalue weighted by Gasteiger charge is 2.17. The molecule has 0 spiro atoms. The smallest absolute Gasteiger partial charge is 0.227 e. The third-order valence-electron chi connectivity index (χ3n) is 3.38. The molecule has 0 radical (unpaired) electrons. The first-order chi connectivity index (χ1) is 8.75.